The molecule has 0 saturated heterocycles. The molecular formula is C9H13N5S. The molecule has 2 N–H and O–H groups in total. The van der Waals surface area contributed by atoms with E-state index in [0.717, 1.165) is 15.7 Å². The monoisotopic (exact) mass is 223 g/mol. The minimum atomic E-state index is 0.657. The zero-order chi connectivity index (χ0) is 11.0. The summed E-state index contributed by atoms with van der Waals surface area (Å²) in [5.74, 6) is 0.657. The van der Waals surface area contributed by atoms with E-state index in [4.69, 9.17) is 5.73 Å². The normalized spacial score (nSPS) is 10.6. The Morgan fingerprint density at radius 3 is 2.67 bits per heavy atom. The fraction of sp³-hybridized carbons (Fsp3) is 0.333. The summed E-state index contributed by atoms with van der Waals surface area (Å²) in [6.45, 7) is 0. The summed E-state index contributed by atoms with van der Waals surface area (Å²) in [6, 6.07) is 1.85. The van der Waals surface area contributed by atoms with Crippen LogP contribution in [0.4, 0.5) is 10.9 Å². The van der Waals surface area contributed by atoms with Crippen LogP contribution in [0.1, 0.15) is 0 Å². The number of nitrogens with two attached hydrogens (primary N) is 1. The average molecular weight is 223 g/mol. The lowest BCUT2D eigenvalue weighted by Crippen LogP contribution is -2.07. The molecule has 0 spiro atoms. The molecule has 0 amide bonds. The number of nitrogen functional groups attached to an aromatic ring is 1. The van der Waals surface area contributed by atoms with Gasteiger partial charge in [-0.05, 0) is 0 Å². The summed E-state index contributed by atoms with van der Waals surface area (Å²) in [7, 11) is 5.76. The van der Waals surface area contributed by atoms with Crippen LogP contribution in [0.3, 0.4) is 0 Å². The highest BCUT2D eigenvalue weighted by Gasteiger charge is 2.09. The molecule has 0 unspecified atom stereocenters. The molecule has 0 aliphatic rings. The van der Waals surface area contributed by atoms with Gasteiger partial charge in [0.1, 0.15) is 11.5 Å². The van der Waals surface area contributed by atoms with Gasteiger partial charge in [-0.2, -0.15) is 5.10 Å². The van der Waals surface area contributed by atoms with Crippen molar-refractivity contribution in [3.8, 4) is 10.6 Å². The van der Waals surface area contributed by atoms with Crippen molar-refractivity contribution in [2.75, 3.05) is 24.7 Å². The van der Waals surface area contributed by atoms with Gasteiger partial charge in [0, 0.05) is 33.4 Å². The predicted octanol–water partition coefficient (Wildman–Crippen LogP) is 1.19. The van der Waals surface area contributed by atoms with E-state index in [0.29, 0.717) is 5.82 Å². The van der Waals surface area contributed by atoms with E-state index in [9.17, 15) is 0 Å². The molecule has 2 aromatic heterocycles. The van der Waals surface area contributed by atoms with Gasteiger partial charge in [-0.1, -0.05) is 11.3 Å². The number of rotatable bonds is 2. The maximum absolute atomic E-state index is 5.72. The van der Waals surface area contributed by atoms with Crippen molar-refractivity contribution in [2.45, 2.75) is 0 Å². The molecule has 0 saturated carbocycles. The van der Waals surface area contributed by atoms with Crippen LogP contribution in [0.2, 0.25) is 0 Å². The zero-order valence-corrected chi connectivity index (χ0v) is 9.75. The smallest absolute Gasteiger partial charge is 0.185 e. The molecule has 5 nitrogen and oxygen atoms in total. The van der Waals surface area contributed by atoms with Crippen molar-refractivity contribution in [1.29, 1.82) is 0 Å². The third-order valence-corrected chi connectivity index (χ3v) is 3.23. The molecule has 0 aliphatic heterocycles. The Morgan fingerprint density at radius 2 is 2.20 bits per heavy atom. The first-order valence-electron chi connectivity index (χ1n) is 4.51. The van der Waals surface area contributed by atoms with Gasteiger partial charge in [0.2, 0.25) is 0 Å². The van der Waals surface area contributed by atoms with Gasteiger partial charge in [-0.3, -0.25) is 4.68 Å². The highest BCUT2D eigenvalue weighted by Crippen LogP contribution is 2.29. The molecule has 2 aromatic rings. The standard InChI is InChI=1S/C9H13N5S/c1-13(2)9-11-5-7(15-9)6-4-8(10)14(3)12-6/h4-5H,10H2,1-3H3. The van der Waals surface area contributed by atoms with Gasteiger partial charge in [-0.25, -0.2) is 4.98 Å². The highest BCUT2D eigenvalue weighted by atomic mass is 32.1. The molecule has 0 radical (unpaired) electrons. The summed E-state index contributed by atoms with van der Waals surface area (Å²) in [4.78, 5) is 7.29. The summed E-state index contributed by atoms with van der Waals surface area (Å²) < 4.78 is 1.66. The number of nitrogens with zero attached hydrogens (tertiary/aromatic N) is 4. The van der Waals surface area contributed by atoms with Gasteiger partial charge >= 0.3 is 0 Å². The molecular weight excluding hydrogens is 210 g/mol. The second kappa shape index (κ2) is 3.54. The van der Waals surface area contributed by atoms with Crippen LogP contribution < -0.4 is 10.6 Å². The number of aromatic nitrogens is 3. The van der Waals surface area contributed by atoms with E-state index in [1.54, 1.807) is 16.0 Å². The van der Waals surface area contributed by atoms with E-state index in [1.807, 2.05) is 38.3 Å². The minimum absolute atomic E-state index is 0.657. The molecule has 6 heteroatoms. The lowest BCUT2D eigenvalue weighted by Gasteiger charge is -2.04. The Labute approximate surface area is 92.2 Å². The predicted molar refractivity (Wildman–Crippen MR) is 63.1 cm³/mol. The molecule has 2 heterocycles. The first-order chi connectivity index (χ1) is 7.08. The van der Waals surface area contributed by atoms with Crippen LogP contribution in [0.15, 0.2) is 12.3 Å². The molecule has 80 valence electrons. The van der Waals surface area contributed by atoms with Crippen molar-refractivity contribution in [3.63, 3.8) is 0 Å². The number of hydrogen-bond donors (Lipinski definition) is 1. The second-order valence-corrected chi connectivity index (χ2v) is 4.49. The maximum atomic E-state index is 5.72. The summed E-state index contributed by atoms with van der Waals surface area (Å²) in [6.07, 6.45) is 1.82. The Balaban J connectivity index is 2.37. The van der Waals surface area contributed by atoms with Crippen molar-refractivity contribution >= 4 is 22.3 Å². The largest absolute Gasteiger partial charge is 0.384 e. The molecule has 0 fully saturated rings. The summed E-state index contributed by atoms with van der Waals surface area (Å²) in [5.41, 5.74) is 6.59. The van der Waals surface area contributed by atoms with E-state index in [1.165, 1.54) is 0 Å². The summed E-state index contributed by atoms with van der Waals surface area (Å²) >= 11 is 1.60. The topological polar surface area (TPSA) is 60.0 Å². The Morgan fingerprint density at radius 1 is 1.47 bits per heavy atom. The van der Waals surface area contributed by atoms with E-state index >= 15 is 0 Å². The van der Waals surface area contributed by atoms with Crippen LogP contribution in [-0.4, -0.2) is 28.9 Å². The lowest BCUT2D eigenvalue weighted by molar-refractivity contribution is 0.783. The van der Waals surface area contributed by atoms with Crippen LogP contribution in [0.5, 0.6) is 0 Å². The van der Waals surface area contributed by atoms with Gasteiger partial charge in [0.05, 0.1) is 4.88 Å². The maximum Gasteiger partial charge on any atom is 0.185 e. The third kappa shape index (κ3) is 1.80. The SMILES string of the molecule is CN(C)c1ncc(-c2cc(N)n(C)n2)s1. The van der Waals surface area contributed by atoms with Gasteiger partial charge in [-0.15, -0.1) is 0 Å². The minimum Gasteiger partial charge on any atom is -0.384 e. The molecule has 0 atom stereocenters. The van der Waals surface area contributed by atoms with Crippen LogP contribution in [-0.2, 0) is 7.05 Å². The van der Waals surface area contributed by atoms with Gasteiger partial charge in [0.15, 0.2) is 5.13 Å². The second-order valence-electron chi connectivity index (χ2n) is 3.48. The number of hydrogen-bond acceptors (Lipinski definition) is 5. The Hall–Kier alpha value is -1.56. The number of anilines is 2. The molecule has 2 rings (SSSR count). The Bertz CT molecular complexity index is 451. The molecule has 15 heavy (non-hydrogen) atoms. The Kier molecular flexibility index (Phi) is 2.36. The van der Waals surface area contributed by atoms with Gasteiger partial charge in [0.25, 0.3) is 0 Å². The van der Waals surface area contributed by atoms with Crippen LogP contribution in [0.25, 0.3) is 10.6 Å². The molecule has 0 aromatic carbocycles. The van der Waals surface area contributed by atoms with Crippen molar-refractivity contribution < 1.29 is 0 Å². The summed E-state index contributed by atoms with van der Waals surface area (Å²) in [5, 5.41) is 5.26. The first kappa shape index (κ1) is 9.97. The third-order valence-electron chi connectivity index (χ3n) is 2.04. The molecule has 0 bridgehead atoms. The van der Waals surface area contributed by atoms with Crippen molar-refractivity contribution in [2.24, 2.45) is 7.05 Å². The fourth-order valence-corrected chi connectivity index (χ4v) is 1.99. The molecule has 0 aliphatic carbocycles. The number of thiazole rings is 1. The van der Waals surface area contributed by atoms with Crippen molar-refractivity contribution in [3.05, 3.63) is 12.3 Å². The average Bonchev–Trinajstić information content (AvgIpc) is 2.74. The van der Waals surface area contributed by atoms with Crippen LogP contribution in [0, 0.1) is 0 Å². The number of aryl methyl sites for hydroxylation is 1. The van der Waals surface area contributed by atoms with Crippen LogP contribution >= 0.6 is 11.3 Å². The fourth-order valence-electron chi connectivity index (χ4n) is 1.19. The first-order valence-corrected chi connectivity index (χ1v) is 5.32. The van der Waals surface area contributed by atoms with Gasteiger partial charge < -0.3 is 10.6 Å². The quantitative estimate of drug-likeness (QED) is 0.831. The lowest BCUT2D eigenvalue weighted by atomic mass is 10.4. The van der Waals surface area contributed by atoms with E-state index < -0.39 is 0 Å². The zero-order valence-electron chi connectivity index (χ0n) is 8.93. The van der Waals surface area contributed by atoms with Crippen molar-refractivity contribution in [1.82, 2.24) is 14.8 Å². The van der Waals surface area contributed by atoms with E-state index in [2.05, 4.69) is 10.1 Å². The van der Waals surface area contributed by atoms with E-state index in [-0.39, 0.29) is 0 Å². The highest BCUT2D eigenvalue weighted by molar-refractivity contribution is 7.18.